The highest BCUT2D eigenvalue weighted by atomic mass is 16.6. The van der Waals surface area contributed by atoms with Gasteiger partial charge in [0.05, 0.1) is 6.42 Å². The summed E-state index contributed by atoms with van der Waals surface area (Å²) in [6.45, 7) is 3.18. The Morgan fingerprint density at radius 2 is 2.00 bits per heavy atom. The summed E-state index contributed by atoms with van der Waals surface area (Å²) in [5, 5.41) is 20.8. The van der Waals surface area contributed by atoms with Crippen LogP contribution in [0.3, 0.4) is 0 Å². The predicted octanol–water partition coefficient (Wildman–Crippen LogP) is -0.0509. The highest BCUT2D eigenvalue weighted by Crippen LogP contribution is 2.58. The molecule has 5 heteroatoms. The highest BCUT2D eigenvalue weighted by Gasteiger charge is 2.75. The van der Waals surface area contributed by atoms with Crippen molar-refractivity contribution in [3.05, 3.63) is 12.2 Å². The van der Waals surface area contributed by atoms with Gasteiger partial charge in [0.15, 0.2) is 0 Å². The average Bonchev–Trinajstić information content (AvgIpc) is 2.69. The van der Waals surface area contributed by atoms with Gasteiger partial charge in [-0.15, -0.1) is 0 Å². The topological polar surface area (TPSA) is 83.8 Å². The van der Waals surface area contributed by atoms with E-state index in [4.69, 9.17) is 4.74 Å². The van der Waals surface area contributed by atoms with Gasteiger partial charge >= 0.3 is 5.97 Å². The lowest BCUT2D eigenvalue weighted by Gasteiger charge is -2.45. The first-order valence-electron chi connectivity index (χ1n) is 6.16. The number of aliphatic hydroxyl groups is 2. The number of ether oxygens (including phenoxy) is 1. The van der Waals surface area contributed by atoms with Gasteiger partial charge < -0.3 is 14.9 Å². The number of ketones is 1. The molecule has 5 atom stereocenters. The normalized spacial score (nSPS) is 54.2. The standard InChI is InChI=1S/C13H16O5/c1-7-5-8-6-9(14)18-13(8)10(15)11(2,16)3-4-12(7,13)17/h3-4,7-8,16-17H,5-6H2,1-2H3/t7-,8-,11+,12+,13-/m1/s1. The fraction of sp³-hybridized carbons (Fsp3) is 0.692. The molecule has 5 nitrogen and oxygen atoms in total. The Morgan fingerprint density at radius 1 is 1.33 bits per heavy atom. The molecule has 3 aliphatic rings. The van der Waals surface area contributed by atoms with Crippen LogP contribution >= 0.6 is 0 Å². The lowest BCUT2D eigenvalue weighted by molar-refractivity contribution is -0.191. The maximum atomic E-state index is 12.5. The summed E-state index contributed by atoms with van der Waals surface area (Å²) in [6, 6.07) is 0. The molecule has 0 unspecified atom stereocenters. The first-order valence-corrected chi connectivity index (χ1v) is 6.16. The molecule has 1 spiro atoms. The van der Waals surface area contributed by atoms with Gasteiger partial charge in [0.1, 0.15) is 11.2 Å². The molecule has 0 radical (unpaired) electrons. The number of Topliss-reactive ketones (excluding diaryl/α,β-unsaturated/α-hetero) is 1. The molecule has 2 fully saturated rings. The first kappa shape index (κ1) is 11.9. The third kappa shape index (κ3) is 1.05. The molecule has 18 heavy (non-hydrogen) atoms. The van der Waals surface area contributed by atoms with E-state index < -0.39 is 28.6 Å². The van der Waals surface area contributed by atoms with Crippen molar-refractivity contribution in [2.75, 3.05) is 0 Å². The molecule has 98 valence electrons. The molecule has 0 amide bonds. The quantitative estimate of drug-likeness (QED) is 0.466. The number of esters is 1. The summed E-state index contributed by atoms with van der Waals surface area (Å²) in [6.07, 6.45) is 3.39. The summed E-state index contributed by atoms with van der Waals surface area (Å²) in [5.41, 5.74) is -4.79. The molecule has 0 aromatic rings. The second kappa shape index (κ2) is 3.03. The van der Waals surface area contributed by atoms with Crippen LogP contribution in [0.5, 0.6) is 0 Å². The highest BCUT2D eigenvalue weighted by molar-refractivity contribution is 6.02. The summed E-state index contributed by atoms with van der Waals surface area (Å²) < 4.78 is 5.25. The molecule has 0 aromatic carbocycles. The van der Waals surface area contributed by atoms with Crippen molar-refractivity contribution in [1.82, 2.24) is 0 Å². The molecule has 2 aliphatic carbocycles. The zero-order valence-electron chi connectivity index (χ0n) is 10.3. The number of carbonyl (C=O) groups excluding carboxylic acids is 2. The van der Waals surface area contributed by atoms with Crippen LogP contribution in [0.2, 0.25) is 0 Å². The number of rotatable bonds is 0. The Kier molecular flexibility index (Phi) is 2.00. The molecule has 1 aliphatic heterocycles. The van der Waals surface area contributed by atoms with Crippen LogP contribution in [0, 0.1) is 11.8 Å². The third-order valence-electron chi connectivity index (χ3n) is 4.71. The van der Waals surface area contributed by atoms with Gasteiger partial charge in [0.25, 0.3) is 0 Å². The zero-order valence-corrected chi connectivity index (χ0v) is 10.3. The maximum absolute atomic E-state index is 12.5. The number of hydrogen-bond acceptors (Lipinski definition) is 5. The van der Waals surface area contributed by atoms with Gasteiger partial charge in [-0.25, -0.2) is 0 Å². The Balaban J connectivity index is 2.23. The van der Waals surface area contributed by atoms with Gasteiger partial charge in [-0.3, -0.25) is 9.59 Å². The Bertz CT molecular complexity index is 480. The average molecular weight is 252 g/mol. The second-order valence-corrected chi connectivity index (χ2v) is 5.88. The summed E-state index contributed by atoms with van der Waals surface area (Å²) >= 11 is 0. The summed E-state index contributed by atoms with van der Waals surface area (Å²) in [4.78, 5) is 24.0. The van der Waals surface area contributed by atoms with Crippen molar-refractivity contribution in [3.63, 3.8) is 0 Å². The lowest BCUT2D eigenvalue weighted by Crippen LogP contribution is -2.67. The monoisotopic (exact) mass is 252 g/mol. The van der Waals surface area contributed by atoms with E-state index in [0.717, 1.165) is 0 Å². The zero-order chi connectivity index (χ0) is 13.3. The lowest BCUT2D eigenvalue weighted by atomic mass is 9.67. The van der Waals surface area contributed by atoms with E-state index in [9.17, 15) is 19.8 Å². The van der Waals surface area contributed by atoms with Crippen LogP contribution < -0.4 is 0 Å². The van der Waals surface area contributed by atoms with Gasteiger partial charge in [0, 0.05) is 5.92 Å². The van der Waals surface area contributed by atoms with Crippen LogP contribution in [0.25, 0.3) is 0 Å². The number of hydrogen-bond donors (Lipinski definition) is 2. The van der Waals surface area contributed by atoms with E-state index in [1.807, 2.05) is 6.92 Å². The molecule has 1 saturated heterocycles. The van der Waals surface area contributed by atoms with E-state index in [2.05, 4.69) is 0 Å². The van der Waals surface area contributed by atoms with Crippen LogP contribution in [0.4, 0.5) is 0 Å². The van der Waals surface area contributed by atoms with Crippen molar-refractivity contribution in [2.24, 2.45) is 11.8 Å². The fourth-order valence-corrected chi connectivity index (χ4v) is 3.72. The van der Waals surface area contributed by atoms with Crippen LogP contribution in [0.15, 0.2) is 12.2 Å². The molecule has 0 bridgehead atoms. The largest absolute Gasteiger partial charge is 0.447 e. The van der Waals surface area contributed by atoms with E-state index in [-0.39, 0.29) is 18.3 Å². The summed E-state index contributed by atoms with van der Waals surface area (Å²) in [5.74, 6) is -1.63. The Labute approximate surface area is 104 Å². The molecule has 2 N–H and O–H groups in total. The van der Waals surface area contributed by atoms with E-state index in [1.54, 1.807) is 0 Å². The van der Waals surface area contributed by atoms with Gasteiger partial charge in [-0.2, -0.15) is 0 Å². The van der Waals surface area contributed by atoms with Crippen LogP contribution in [-0.4, -0.2) is 38.8 Å². The molecular formula is C13H16O5. The Morgan fingerprint density at radius 3 is 2.67 bits per heavy atom. The van der Waals surface area contributed by atoms with Crippen molar-refractivity contribution in [3.8, 4) is 0 Å². The van der Waals surface area contributed by atoms with E-state index in [1.165, 1.54) is 19.1 Å². The van der Waals surface area contributed by atoms with E-state index >= 15 is 0 Å². The van der Waals surface area contributed by atoms with Crippen LogP contribution in [0.1, 0.15) is 26.7 Å². The van der Waals surface area contributed by atoms with Crippen molar-refractivity contribution >= 4 is 11.8 Å². The van der Waals surface area contributed by atoms with Crippen molar-refractivity contribution < 1.29 is 24.5 Å². The minimum Gasteiger partial charge on any atom is -0.447 e. The van der Waals surface area contributed by atoms with Gasteiger partial charge in [-0.05, 0) is 31.4 Å². The second-order valence-electron chi connectivity index (χ2n) is 5.88. The minimum absolute atomic E-state index is 0.127. The minimum atomic E-state index is -1.70. The molecule has 1 heterocycles. The number of carbonyl (C=O) groups is 2. The van der Waals surface area contributed by atoms with Crippen LogP contribution in [-0.2, 0) is 14.3 Å². The van der Waals surface area contributed by atoms with Crippen molar-refractivity contribution in [2.45, 2.75) is 43.5 Å². The smallest absolute Gasteiger partial charge is 0.307 e. The van der Waals surface area contributed by atoms with E-state index in [0.29, 0.717) is 6.42 Å². The SMILES string of the molecule is C[C@@H]1C[C@@H]2CC(=O)O[C@@]23C(=O)[C@@](C)(O)C=C[C@]13O. The van der Waals surface area contributed by atoms with Gasteiger partial charge in [-0.1, -0.05) is 6.92 Å². The molecule has 0 aromatic heterocycles. The summed E-state index contributed by atoms with van der Waals surface area (Å²) in [7, 11) is 0. The maximum Gasteiger partial charge on any atom is 0.307 e. The third-order valence-corrected chi connectivity index (χ3v) is 4.71. The first-order chi connectivity index (χ1) is 8.24. The van der Waals surface area contributed by atoms with Gasteiger partial charge in [0.2, 0.25) is 11.4 Å². The fourth-order valence-electron chi connectivity index (χ4n) is 3.72. The molecular weight excluding hydrogens is 236 g/mol. The molecule has 1 saturated carbocycles. The molecule has 3 rings (SSSR count). The van der Waals surface area contributed by atoms with Crippen molar-refractivity contribution in [1.29, 1.82) is 0 Å². The Hall–Kier alpha value is -1.20. The predicted molar refractivity (Wildman–Crippen MR) is 60.4 cm³/mol.